The number of H-pyrrole nitrogens is 1. The van der Waals surface area contributed by atoms with E-state index in [-0.39, 0.29) is 11.9 Å². The van der Waals surface area contributed by atoms with Crippen molar-refractivity contribution in [2.75, 3.05) is 0 Å². The van der Waals surface area contributed by atoms with E-state index in [2.05, 4.69) is 15.0 Å². The Kier molecular flexibility index (Phi) is 3.99. The minimum absolute atomic E-state index is 0.0474. The van der Waals surface area contributed by atoms with E-state index in [1.165, 1.54) is 12.8 Å². The minimum Gasteiger partial charge on any atom is -0.473 e. The molecular weight excluding hydrogens is 266 g/mol. The van der Waals surface area contributed by atoms with Crippen molar-refractivity contribution in [2.45, 2.75) is 45.1 Å². The molecule has 0 aromatic carbocycles. The number of nitrogens with zero attached hydrogens (tertiary/aromatic N) is 2. The summed E-state index contributed by atoms with van der Waals surface area (Å²) in [6.07, 6.45) is 12.6. The van der Waals surface area contributed by atoms with E-state index < -0.39 is 0 Å². The number of aromatic amines is 1. The zero-order chi connectivity index (χ0) is 14.7. The summed E-state index contributed by atoms with van der Waals surface area (Å²) in [7, 11) is 0. The monoisotopic (exact) mass is 285 g/mol. The Balaban J connectivity index is 1.79. The standard InChI is InChI=1S/C16H19N3O2/c1-11(20)5-4-6-12-9-17-16-15(12)19-14(10-18-16)21-13-7-2-3-8-13/h4-5,9-10,13H,2-3,6-8H2,1H3,(H,17,18). The molecule has 1 saturated carbocycles. The third-order valence-electron chi connectivity index (χ3n) is 3.72. The quantitative estimate of drug-likeness (QED) is 0.858. The number of allylic oxidation sites excluding steroid dienone is 2. The fourth-order valence-corrected chi connectivity index (χ4v) is 2.67. The maximum Gasteiger partial charge on any atom is 0.233 e. The minimum atomic E-state index is 0.0474. The van der Waals surface area contributed by atoms with Crippen LogP contribution >= 0.6 is 0 Å². The van der Waals surface area contributed by atoms with Crippen molar-refractivity contribution in [1.29, 1.82) is 0 Å². The Hall–Kier alpha value is -2.17. The van der Waals surface area contributed by atoms with Crippen LogP contribution in [0.25, 0.3) is 11.2 Å². The normalized spacial score (nSPS) is 16.0. The molecule has 3 rings (SSSR count). The molecule has 21 heavy (non-hydrogen) atoms. The lowest BCUT2D eigenvalue weighted by atomic mass is 10.2. The summed E-state index contributed by atoms with van der Waals surface area (Å²) in [6.45, 7) is 1.54. The zero-order valence-electron chi connectivity index (χ0n) is 12.1. The molecule has 1 N–H and O–H groups in total. The van der Waals surface area contributed by atoms with Gasteiger partial charge >= 0.3 is 0 Å². The van der Waals surface area contributed by atoms with Gasteiger partial charge in [0.25, 0.3) is 0 Å². The maximum atomic E-state index is 10.9. The van der Waals surface area contributed by atoms with E-state index in [4.69, 9.17) is 4.74 Å². The van der Waals surface area contributed by atoms with Gasteiger partial charge in [0, 0.05) is 11.8 Å². The van der Waals surface area contributed by atoms with Gasteiger partial charge in [-0.1, -0.05) is 6.08 Å². The molecule has 0 atom stereocenters. The van der Waals surface area contributed by atoms with Crippen molar-refractivity contribution >= 4 is 16.9 Å². The molecule has 2 heterocycles. The molecule has 2 aromatic heterocycles. The van der Waals surface area contributed by atoms with Crippen LogP contribution in [-0.4, -0.2) is 26.8 Å². The molecule has 5 heteroatoms. The summed E-state index contributed by atoms with van der Waals surface area (Å²) < 4.78 is 5.89. The second-order valence-electron chi connectivity index (χ2n) is 5.46. The van der Waals surface area contributed by atoms with Crippen LogP contribution in [0.5, 0.6) is 5.88 Å². The highest BCUT2D eigenvalue weighted by Gasteiger charge is 2.17. The number of aromatic nitrogens is 3. The van der Waals surface area contributed by atoms with E-state index >= 15 is 0 Å². The summed E-state index contributed by atoms with van der Waals surface area (Å²) in [5.41, 5.74) is 2.59. The number of hydrogen-bond acceptors (Lipinski definition) is 4. The Labute approximate surface area is 123 Å². The molecule has 0 spiro atoms. The molecule has 0 unspecified atom stereocenters. The molecule has 1 aliphatic rings. The van der Waals surface area contributed by atoms with Crippen molar-refractivity contribution in [3.05, 3.63) is 30.1 Å². The SMILES string of the molecule is CC(=O)C=CCc1c[nH]c2ncc(OC3CCCC3)nc12. The van der Waals surface area contributed by atoms with Crippen molar-refractivity contribution < 1.29 is 9.53 Å². The van der Waals surface area contributed by atoms with Crippen LogP contribution in [0.2, 0.25) is 0 Å². The fourth-order valence-electron chi connectivity index (χ4n) is 2.67. The molecule has 0 aliphatic heterocycles. The maximum absolute atomic E-state index is 10.9. The van der Waals surface area contributed by atoms with Gasteiger partial charge in [0.2, 0.25) is 5.88 Å². The van der Waals surface area contributed by atoms with E-state index in [1.54, 1.807) is 19.2 Å². The number of rotatable bonds is 5. The van der Waals surface area contributed by atoms with Crippen LogP contribution < -0.4 is 4.74 Å². The first-order valence-corrected chi connectivity index (χ1v) is 7.39. The number of fused-ring (bicyclic) bond motifs is 1. The van der Waals surface area contributed by atoms with Gasteiger partial charge in [-0.2, -0.15) is 0 Å². The average Bonchev–Trinajstić information content (AvgIpc) is 3.09. The molecule has 1 aliphatic carbocycles. The van der Waals surface area contributed by atoms with Crippen LogP contribution in [0.4, 0.5) is 0 Å². The Bertz CT molecular complexity index is 669. The first kappa shape index (κ1) is 13.8. The van der Waals surface area contributed by atoms with Crippen molar-refractivity contribution in [2.24, 2.45) is 0 Å². The Morgan fingerprint density at radius 2 is 2.29 bits per heavy atom. The van der Waals surface area contributed by atoms with Gasteiger partial charge in [-0.05, 0) is 45.1 Å². The number of ether oxygens (including phenoxy) is 1. The van der Waals surface area contributed by atoms with Crippen molar-refractivity contribution in [3.8, 4) is 5.88 Å². The van der Waals surface area contributed by atoms with Gasteiger partial charge in [-0.3, -0.25) is 4.79 Å². The lowest BCUT2D eigenvalue weighted by molar-refractivity contribution is -0.112. The second-order valence-corrected chi connectivity index (χ2v) is 5.46. The summed E-state index contributed by atoms with van der Waals surface area (Å²) in [4.78, 5) is 23.0. The summed E-state index contributed by atoms with van der Waals surface area (Å²) in [6, 6.07) is 0. The molecule has 0 radical (unpaired) electrons. The molecular formula is C16H19N3O2. The molecule has 0 amide bonds. The van der Waals surface area contributed by atoms with Crippen LogP contribution in [0.3, 0.4) is 0 Å². The largest absolute Gasteiger partial charge is 0.473 e. The lowest BCUT2D eigenvalue weighted by Gasteiger charge is -2.11. The van der Waals surface area contributed by atoms with Gasteiger partial charge in [0.1, 0.15) is 11.6 Å². The predicted octanol–water partition coefficient (Wildman–Crippen LogP) is 2.97. The topological polar surface area (TPSA) is 67.9 Å². The highest BCUT2D eigenvalue weighted by atomic mass is 16.5. The lowest BCUT2D eigenvalue weighted by Crippen LogP contribution is -2.12. The molecule has 0 saturated heterocycles. The van der Waals surface area contributed by atoms with Crippen LogP contribution in [-0.2, 0) is 11.2 Å². The summed E-state index contributed by atoms with van der Waals surface area (Å²) >= 11 is 0. The first-order valence-electron chi connectivity index (χ1n) is 7.39. The summed E-state index contributed by atoms with van der Waals surface area (Å²) in [5, 5.41) is 0. The van der Waals surface area contributed by atoms with Crippen LogP contribution in [0.15, 0.2) is 24.5 Å². The van der Waals surface area contributed by atoms with E-state index in [0.29, 0.717) is 12.3 Å². The van der Waals surface area contributed by atoms with Crippen LogP contribution in [0, 0.1) is 0 Å². The molecule has 5 nitrogen and oxygen atoms in total. The predicted molar refractivity (Wildman–Crippen MR) is 80.3 cm³/mol. The van der Waals surface area contributed by atoms with Crippen molar-refractivity contribution in [3.63, 3.8) is 0 Å². The van der Waals surface area contributed by atoms with E-state index in [0.717, 1.165) is 29.6 Å². The number of carbonyl (C=O) groups is 1. The highest BCUT2D eigenvalue weighted by molar-refractivity contribution is 5.87. The van der Waals surface area contributed by atoms with E-state index in [9.17, 15) is 4.79 Å². The number of ketones is 1. The Morgan fingerprint density at radius 1 is 1.48 bits per heavy atom. The number of hydrogen-bond donors (Lipinski definition) is 1. The van der Waals surface area contributed by atoms with Gasteiger partial charge in [-0.25, -0.2) is 9.97 Å². The fraction of sp³-hybridized carbons (Fsp3) is 0.438. The van der Waals surface area contributed by atoms with Gasteiger partial charge in [0.05, 0.1) is 6.20 Å². The number of nitrogens with one attached hydrogen (secondary N) is 1. The molecule has 110 valence electrons. The second kappa shape index (κ2) is 6.08. The summed E-state index contributed by atoms with van der Waals surface area (Å²) in [5.74, 6) is 0.636. The number of carbonyl (C=O) groups excluding carboxylic acids is 1. The van der Waals surface area contributed by atoms with Gasteiger partial charge in [0.15, 0.2) is 11.4 Å². The third-order valence-corrected chi connectivity index (χ3v) is 3.72. The third kappa shape index (κ3) is 3.29. The smallest absolute Gasteiger partial charge is 0.233 e. The van der Waals surface area contributed by atoms with Crippen LogP contribution in [0.1, 0.15) is 38.2 Å². The highest BCUT2D eigenvalue weighted by Crippen LogP contribution is 2.24. The van der Waals surface area contributed by atoms with E-state index in [1.807, 2.05) is 12.3 Å². The molecule has 1 fully saturated rings. The molecule has 2 aromatic rings. The van der Waals surface area contributed by atoms with Gasteiger partial charge in [-0.15, -0.1) is 0 Å². The zero-order valence-corrected chi connectivity index (χ0v) is 12.1. The average molecular weight is 285 g/mol. The molecule has 0 bridgehead atoms. The van der Waals surface area contributed by atoms with Crippen molar-refractivity contribution in [1.82, 2.24) is 15.0 Å². The first-order chi connectivity index (χ1) is 10.2. The van der Waals surface area contributed by atoms with Gasteiger partial charge < -0.3 is 9.72 Å². The Morgan fingerprint density at radius 3 is 3.05 bits per heavy atom.